The molecule has 0 bridgehead atoms. The highest BCUT2D eigenvalue weighted by Gasteiger charge is 2.43. The first-order valence-electron chi connectivity index (χ1n) is 11.8. The van der Waals surface area contributed by atoms with Crippen LogP contribution in [0, 0.1) is 11.8 Å². The topological polar surface area (TPSA) is 91.4 Å². The van der Waals surface area contributed by atoms with Gasteiger partial charge in [-0.05, 0) is 42.5 Å². The molecule has 1 aliphatic rings. The quantitative estimate of drug-likeness (QED) is 0.605. The monoisotopic (exact) mass is 450 g/mol. The Bertz CT molecular complexity index is 977. The van der Waals surface area contributed by atoms with Gasteiger partial charge in [0, 0.05) is 24.2 Å². The van der Waals surface area contributed by atoms with E-state index in [9.17, 15) is 14.4 Å². The van der Waals surface area contributed by atoms with Gasteiger partial charge in [0.05, 0.1) is 0 Å². The molecule has 3 rings (SSSR count). The second-order valence-electron chi connectivity index (χ2n) is 8.89. The summed E-state index contributed by atoms with van der Waals surface area (Å²) in [7, 11) is 0. The van der Waals surface area contributed by atoms with Crippen LogP contribution in [0.25, 0.3) is 0 Å². The van der Waals surface area contributed by atoms with Gasteiger partial charge in [0.1, 0.15) is 17.9 Å². The Labute approximate surface area is 196 Å². The smallest absolute Gasteiger partial charge is 0.251 e. The molecular weight excluding hydrogens is 416 g/mol. The first-order chi connectivity index (χ1) is 15.9. The summed E-state index contributed by atoms with van der Waals surface area (Å²) in [6, 6.07) is 11.4. The molecule has 176 valence electrons. The van der Waals surface area contributed by atoms with Gasteiger partial charge in [-0.2, -0.15) is 0 Å². The zero-order chi connectivity index (χ0) is 24.0. The Balaban J connectivity index is 1.88. The van der Waals surface area contributed by atoms with E-state index in [0.29, 0.717) is 17.9 Å². The van der Waals surface area contributed by atoms with Crippen molar-refractivity contribution < 1.29 is 14.4 Å². The van der Waals surface area contributed by atoms with Crippen LogP contribution in [0.15, 0.2) is 48.7 Å². The van der Waals surface area contributed by atoms with Gasteiger partial charge >= 0.3 is 0 Å². The summed E-state index contributed by atoms with van der Waals surface area (Å²) in [5, 5.41) is 5.89. The number of anilines is 2. The highest BCUT2D eigenvalue weighted by atomic mass is 16.2. The minimum Gasteiger partial charge on any atom is -0.344 e. The second kappa shape index (κ2) is 11.1. The number of pyridine rings is 1. The van der Waals surface area contributed by atoms with Crippen molar-refractivity contribution in [3.8, 4) is 0 Å². The Morgan fingerprint density at radius 3 is 2.45 bits per heavy atom. The summed E-state index contributed by atoms with van der Waals surface area (Å²) in [6.07, 6.45) is 4.39. The van der Waals surface area contributed by atoms with Crippen LogP contribution in [0.3, 0.4) is 0 Å². The summed E-state index contributed by atoms with van der Waals surface area (Å²) in [4.78, 5) is 45.9. The lowest BCUT2D eigenvalue weighted by Crippen LogP contribution is -2.56. The molecule has 0 spiro atoms. The molecule has 1 aliphatic heterocycles. The number of rotatable bonds is 9. The van der Waals surface area contributed by atoms with Crippen LogP contribution >= 0.6 is 0 Å². The fourth-order valence-corrected chi connectivity index (χ4v) is 4.27. The maximum absolute atomic E-state index is 13.8. The summed E-state index contributed by atoms with van der Waals surface area (Å²) in [5.41, 5.74) is 1.50. The summed E-state index contributed by atoms with van der Waals surface area (Å²) < 4.78 is 0. The SMILES string of the molecule is CCC[C@@H](CC)C(=O)N[C@H](C(=O)N1c2ncccc2C[C@H]1C(=O)Nc1ccccc1)C(C)C. The third-order valence-electron chi connectivity index (χ3n) is 6.13. The zero-order valence-corrected chi connectivity index (χ0v) is 19.9. The van der Waals surface area contributed by atoms with E-state index in [1.54, 1.807) is 24.4 Å². The van der Waals surface area contributed by atoms with Gasteiger partial charge in [-0.1, -0.05) is 58.4 Å². The van der Waals surface area contributed by atoms with Crippen LogP contribution in [0.5, 0.6) is 0 Å². The molecule has 2 heterocycles. The van der Waals surface area contributed by atoms with E-state index in [0.717, 1.165) is 24.8 Å². The Kier molecular flexibility index (Phi) is 8.20. The first-order valence-corrected chi connectivity index (χ1v) is 11.8. The molecule has 0 radical (unpaired) electrons. The lowest BCUT2D eigenvalue weighted by atomic mass is 9.97. The van der Waals surface area contributed by atoms with E-state index in [4.69, 9.17) is 0 Å². The van der Waals surface area contributed by atoms with E-state index < -0.39 is 12.1 Å². The van der Waals surface area contributed by atoms with Crippen molar-refractivity contribution in [2.24, 2.45) is 11.8 Å². The van der Waals surface area contributed by atoms with Gasteiger partial charge in [0.25, 0.3) is 5.91 Å². The van der Waals surface area contributed by atoms with Crippen LogP contribution in [-0.2, 0) is 20.8 Å². The van der Waals surface area contributed by atoms with Crippen molar-refractivity contribution >= 4 is 29.2 Å². The molecule has 3 amide bonds. The number of hydrogen-bond donors (Lipinski definition) is 2. The number of hydrogen-bond acceptors (Lipinski definition) is 4. The van der Waals surface area contributed by atoms with Gasteiger partial charge in [-0.3, -0.25) is 19.3 Å². The van der Waals surface area contributed by atoms with Gasteiger partial charge in [-0.25, -0.2) is 4.98 Å². The van der Waals surface area contributed by atoms with Crippen molar-refractivity contribution in [1.82, 2.24) is 10.3 Å². The third-order valence-corrected chi connectivity index (χ3v) is 6.13. The number of nitrogens with one attached hydrogen (secondary N) is 2. The van der Waals surface area contributed by atoms with Crippen LogP contribution in [0.1, 0.15) is 52.5 Å². The van der Waals surface area contributed by atoms with E-state index in [-0.39, 0.29) is 29.6 Å². The van der Waals surface area contributed by atoms with Gasteiger partial charge in [0.2, 0.25) is 11.8 Å². The molecule has 1 aromatic heterocycles. The molecule has 2 N–H and O–H groups in total. The molecule has 0 saturated carbocycles. The minimum absolute atomic E-state index is 0.114. The Hall–Kier alpha value is -3.22. The molecule has 7 heteroatoms. The molecule has 0 aliphatic carbocycles. The van der Waals surface area contributed by atoms with E-state index in [1.807, 2.05) is 52.0 Å². The molecular formula is C26H34N4O3. The van der Waals surface area contributed by atoms with E-state index >= 15 is 0 Å². The third kappa shape index (κ3) is 5.59. The molecule has 0 saturated heterocycles. The molecule has 7 nitrogen and oxygen atoms in total. The standard InChI is InChI=1S/C26H34N4O3/c1-5-11-18(6-2)24(31)29-22(17(3)4)26(33)30-21(16-19-12-10-15-27-23(19)30)25(32)28-20-13-8-7-9-14-20/h7-10,12-15,17-18,21-22H,5-6,11,16H2,1-4H3,(H,28,32)(H,29,31)/t18-,21+,22+/m1/s1. The van der Waals surface area contributed by atoms with Gasteiger partial charge in [0.15, 0.2) is 0 Å². The maximum Gasteiger partial charge on any atom is 0.251 e. The molecule has 3 atom stereocenters. The predicted molar refractivity (Wildman–Crippen MR) is 130 cm³/mol. The highest BCUT2D eigenvalue weighted by Crippen LogP contribution is 2.32. The minimum atomic E-state index is -0.747. The second-order valence-corrected chi connectivity index (χ2v) is 8.89. The summed E-state index contributed by atoms with van der Waals surface area (Å²) in [5.74, 6) is -0.501. The number of carbonyl (C=O) groups excluding carboxylic acids is 3. The lowest BCUT2D eigenvalue weighted by Gasteiger charge is -2.31. The number of carbonyl (C=O) groups is 3. The van der Waals surface area contributed by atoms with Crippen molar-refractivity contribution in [1.29, 1.82) is 0 Å². The molecule has 1 aromatic carbocycles. The fraction of sp³-hybridized carbons (Fsp3) is 0.462. The number of aromatic nitrogens is 1. The number of amides is 3. The van der Waals surface area contributed by atoms with Crippen LogP contribution in [-0.4, -0.2) is 34.8 Å². The van der Waals surface area contributed by atoms with Crippen molar-refractivity contribution in [2.45, 2.75) is 65.5 Å². The molecule has 2 aromatic rings. The Morgan fingerprint density at radius 1 is 1.09 bits per heavy atom. The average Bonchev–Trinajstić information content (AvgIpc) is 3.20. The van der Waals surface area contributed by atoms with Crippen molar-refractivity contribution in [3.05, 3.63) is 54.2 Å². The van der Waals surface area contributed by atoms with E-state index in [2.05, 4.69) is 15.6 Å². The predicted octanol–water partition coefficient (Wildman–Crippen LogP) is 3.95. The normalized spacial score (nSPS) is 16.8. The average molecular weight is 451 g/mol. The van der Waals surface area contributed by atoms with Crippen LogP contribution < -0.4 is 15.5 Å². The van der Waals surface area contributed by atoms with Crippen LogP contribution in [0.2, 0.25) is 0 Å². The van der Waals surface area contributed by atoms with Crippen molar-refractivity contribution in [2.75, 3.05) is 10.2 Å². The van der Waals surface area contributed by atoms with E-state index in [1.165, 1.54) is 4.90 Å². The molecule has 0 unspecified atom stereocenters. The summed E-state index contributed by atoms with van der Waals surface area (Å²) >= 11 is 0. The fourth-order valence-electron chi connectivity index (χ4n) is 4.27. The van der Waals surface area contributed by atoms with Gasteiger partial charge in [-0.15, -0.1) is 0 Å². The van der Waals surface area contributed by atoms with Crippen LogP contribution in [0.4, 0.5) is 11.5 Å². The molecule has 33 heavy (non-hydrogen) atoms. The molecule has 0 fully saturated rings. The highest BCUT2D eigenvalue weighted by molar-refractivity contribution is 6.09. The number of para-hydroxylation sites is 1. The number of benzene rings is 1. The zero-order valence-electron chi connectivity index (χ0n) is 19.9. The maximum atomic E-state index is 13.8. The number of fused-ring (bicyclic) bond motifs is 1. The summed E-state index contributed by atoms with van der Waals surface area (Å²) in [6.45, 7) is 7.83. The largest absolute Gasteiger partial charge is 0.344 e. The Morgan fingerprint density at radius 2 is 1.82 bits per heavy atom. The van der Waals surface area contributed by atoms with Gasteiger partial charge < -0.3 is 10.6 Å². The first kappa shape index (κ1) is 24.4. The van der Waals surface area contributed by atoms with Crippen molar-refractivity contribution in [3.63, 3.8) is 0 Å². The number of nitrogens with zero attached hydrogens (tertiary/aromatic N) is 2. The lowest BCUT2D eigenvalue weighted by molar-refractivity contribution is -0.131.